The summed E-state index contributed by atoms with van der Waals surface area (Å²) in [7, 11) is 0. The van der Waals surface area contributed by atoms with Crippen LogP contribution in [-0.4, -0.2) is 84.8 Å². The number of rotatable bonds is 1. The van der Waals surface area contributed by atoms with E-state index >= 15 is 0 Å². The molecule has 6 N–H and O–H groups in total. The SMILES string of the molecule is CCC1(C)C2=C(C)[C@@H](O)C[C@@]1(O)[C@@H](O)[C@@H]1[C@]3(O)CO[C@@H]3C[C@H](O)[C@@]1(C)C(=O)[C@@H]2O. The number of aliphatic hydroxyl groups is 6. The van der Waals surface area contributed by atoms with E-state index in [4.69, 9.17) is 4.74 Å². The Bertz CT molecular complexity index is 781. The molecule has 2 bridgehead atoms. The van der Waals surface area contributed by atoms with Crippen LogP contribution in [0.15, 0.2) is 11.1 Å². The van der Waals surface area contributed by atoms with E-state index in [2.05, 4.69) is 0 Å². The van der Waals surface area contributed by atoms with Crippen molar-refractivity contribution in [2.75, 3.05) is 6.61 Å². The predicted molar refractivity (Wildman–Crippen MR) is 101 cm³/mol. The Labute approximate surface area is 169 Å². The van der Waals surface area contributed by atoms with Gasteiger partial charge in [-0.25, -0.2) is 0 Å². The monoisotopic (exact) mass is 412 g/mol. The molecule has 4 aliphatic rings. The van der Waals surface area contributed by atoms with Gasteiger partial charge in [0.2, 0.25) is 0 Å². The molecule has 3 aliphatic carbocycles. The first-order valence-electron chi connectivity index (χ1n) is 10.3. The Kier molecular flexibility index (Phi) is 4.49. The van der Waals surface area contributed by atoms with Crippen molar-refractivity contribution < 1.29 is 40.2 Å². The fourth-order valence-electron chi connectivity index (χ4n) is 6.71. The highest BCUT2D eigenvalue weighted by Crippen LogP contribution is 2.62. The molecule has 29 heavy (non-hydrogen) atoms. The van der Waals surface area contributed by atoms with Crippen LogP contribution in [0.25, 0.3) is 0 Å². The fraction of sp³-hybridized carbons (Fsp3) is 0.857. The summed E-state index contributed by atoms with van der Waals surface area (Å²) in [6, 6.07) is 0. The summed E-state index contributed by atoms with van der Waals surface area (Å²) in [5, 5.41) is 67.5. The van der Waals surface area contributed by atoms with E-state index in [-0.39, 0.29) is 31.4 Å². The number of hydrogen-bond donors (Lipinski definition) is 6. The lowest BCUT2D eigenvalue weighted by Gasteiger charge is -2.66. The second kappa shape index (κ2) is 6.09. The first kappa shape index (κ1) is 21.4. The summed E-state index contributed by atoms with van der Waals surface area (Å²) in [6.07, 6.45) is -6.48. The summed E-state index contributed by atoms with van der Waals surface area (Å²) in [4.78, 5) is 13.6. The van der Waals surface area contributed by atoms with E-state index in [1.54, 1.807) is 20.8 Å². The van der Waals surface area contributed by atoms with Gasteiger partial charge in [0, 0.05) is 24.2 Å². The highest BCUT2D eigenvalue weighted by Gasteiger charge is 2.75. The summed E-state index contributed by atoms with van der Waals surface area (Å²) in [5.41, 5.74) is -5.91. The van der Waals surface area contributed by atoms with Gasteiger partial charge in [-0.3, -0.25) is 4.79 Å². The Morgan fingerprint density at radius 3 is 2.28 bits per heavy atom. The maximum Gasteiger partial charge on any atom is 0.174 e. The van der Waals surface area contributed by atoms with Gasteiger partial charge in [0.15, 0.2) is 5.78 Å². The lowest BCUT2D eigenvalue weighted by molar-refractivity contribution is -0.345. The molecular weight excluding hydrogens is 380 g/mol. The van der Waals surface area contributed by atoms with Gasteiger partial charge in [0.05, 0.1) is 36.4 Å². The molecule has 0 amide bonds. The van der Waals surface area contributed by atoms with Crippen LogP contribution in [0.2, 0.25) is 0 Å². The lowest BCUT2D eigenvalue weighted by atomic mass is 9.44. The van der Waals surface area contributed by atoms with Crippen LogP contribution in [0.1, 0.15) is 47.0 Å². The molecule has 1 heterocycles. The largest absolute Gasteiger partial charge is 0.392 e. The molecule has 0 radical (unpaired) electrons. The quantitative estimate of drug-likeness (QED) is 0.302. The number of ketones is 1. The lowest BCUT2D eigenvalue weighted by Crippen LogP contribution is -2.80. The van der Waals surface area contributed by atoms with Gasteiger partial charge in [0.25, 0.3) is 0 Å². The topological polar surface area (TPSA) is 148 Å². The molecule has 0 spiro atoms. The summed E-state index contributed by atoms with van der Waals surface area (Å²) in [5.74, 6) is -2.00. The molecule has 8 nitrogen and oxygen atoms in total. The first-order chi connectivity index (χ1) is 13.3. The van der Waals surface area contributed by atoms with E-state index in [1.165, 1.54) is 6.92 Å². The number of ether oxygens (including phenoxy) is 1. The van der Waals surface area contributed by atoms with Gasteiger partial charge in [-0.1, -0.05) is 13.8 Å². The third kappa shape index (κ3) is 2.21. The number of carbonyl (C=O) groups excluding carboxylic acids is 1. The third-order valence-corrected chi connectivity index (χ3v) is 8.93. The van der Waals surface area contributed by atoms with Gasteiger partial charge in [-0.15, -0.1) is 0 Å². The summed E-state index contributed by atoms with van der Waals surface area (Å²) >= 11 is 0. The van der Waals surface area contributed by atoms with Crippen LogP contribution in [0.3, 0.4) is 0 Å². The summed E-state index contributed by atoms with van der Waals surface area (Å²) < 4.78 is 5.40. The molecule has 2 saturated carbocycles. The normalized spacial score (nSPS) is 57.4. The van der Waals surface area contributed by atoms with Crippen LogP contribution in [0.5, 0.6) is 0 Å². The average Bonchev–Trinajstić information content (AvgIpc) is 2.66. The minimum Gasteiger partial charge on any atom is -0.392 e. The van der Waals surface area contributed by atoms with Crippen LogP contribution in [0.4, 0.5) is 0 Å². The van der Waals surface area contributed by atoms with Crippen molar-refractivity contribution in [1.82, 2.24) is 0 Å². The zero-order chi connectivity index (χ0) is 21.7. The van der Waals surface area contributed by atoms with Gasteiger partial charge in [0.1, 0.15) is 17.3 Å². The van der Waals surface area contributed by atoms with Gasteiger partial charge in [-0.05, 0) is 31.4 Å². The number of aliphatic hydroxyl groups excluding tert-OH is 4. The zero-order valence-electron chi connectivity index (χ0n) is 17.3. The Hall–Kier alpha value is -0.870. The number of Topliss-reactive ketones (excluding diaryl/α,β-unsaturated/α-hetero) is 1. The van der Waals surface area contributed by atoms with Crippen molar-refractivity contribution >= 4 is 5.78 Å². The smallest absolute Gasteiger partial charge is 0.174 e. The van der Waals surface area contributed by atoms with Gasteiger partial charge in [-0.2, -0.15) is 0 Å². The fourth-order valence-corrected chi connectivity index (χ4v) is 6.71. The number of fused-ring (bicyclic) bond motifs is 5. The minimum atomic E-state index is -1.93. The van der Waals surface area contributed by atoms with E-state index < -0.39 is 64.3 Å². The molecule has 1 saturated heterocycles. The maximum atomic E-state index is 13.6. The zero-order valence-corrected chi connectivity index (χ0v) is 17.3. The van der Waals surface area contributed by atoms with Crippen LogP contribution < -0.4 is 0 Å². The standard InChI is InChI=1S/C21H32O8/c1-5-18(3)13-9(2)10(22)7-21(18,28)17(26)15-19(4,16(25)14(13)24)11(23)6-12-20(15,27)8-29-12/h10-12,14-15,17,22-24,26-28H,5-8H2,1-4H3/t10-,11-,12+,14+,15-,17-,18?,19+,20-,21+/m0/s1. The molecule has 1 unspecified atom stereocenters. The molecule has 164 valence electrons. The molecule has 0 aromatic carbocycles. The molecule has 0 aromatic heterocycles. The van der Waals surface area contributed by atoms with Gasteiger partial charge < -0.3 is 35.4 Å². The maximum absolute atomic E-state index is 13.6. The van der Waals surface area contributed by atoms with Gasteiger partial charge >= 0.3 is 0 Å². The van der Waals surface area contributed by atoms with Crippen molar-refractivity contribution in [3.63, 3.8) is 0 Å². The molecule has 0 aromatic rings. The first-order valence-corrected chi connectivity index (χ1v) is 10.3. The van der Waals surface area contributed by atoms with Crippen molar-refractivity contribution in [1.29, 1.82) is 0 Å². The Morgan fingerprint density at radius 2 is 1.76 bits per heavy atom. The van der Waals surface area contributed by atoms with Crippen LogP contribution >= 0.6 is 0 Å². The number of carbonyl (C=O) groups is 1. The van der Waals surface area contributed by atoms with Crippen molar-refractivity contribution in [3.8, 4) is 0 Å². The minimum absolute atomic E-state index is 0.0151. The van der Waals surface area contributed by atoms with Crippen molar-refractivity contribution in [2.24, 2.45) is 16.7 Å². The highest BCUT2D eigenvalue weighted by molar-refractivity contribution is 5.93. The van der Waals surface area contributed by atoms with Crippen molar-refractivity contribution in [2.45, 2.75) is 88.7 Å². The molecule has 1 aliphatic heterocycles. The third-order valence-electron chi connectivity index (χ3n) is 8.93. The second-order valence-electron chi connectivity index (χ2n) is 9.94. The van der Waals surface area contributed by atoms with E-state index in [9.17, 15) is 35.4 Å². The molecular formula is C21H32O8. The van der Waals surface area contributed by atoms with Crippen molar-refractivity contribution in [3.05, 3.63) is 11.1 Å². The Morgan fingerprint density at radius 1 is 1.14 bits per heavy atom. The Balaban J connectivity index is 2.03. The van der Waals surface area contributed by atoms with Crippen LogP contribution in [-0.2, 0) is 9.53 Å². The van der Waals surface area contributed by atoms with E-state index in [1.807, 2.05) is 0 Å². The van der Waals surface area contributed by atoms with E-state index in [0.717, 1.165) is 0 Å². The molecule has 10 atom stereocenters. The number of hydrogen-bond acceptors (Lipinski definition) is 8. The van der Waals surface area contributed by atoms with E-state index in [0.29, 0.717) is 5.57 Å². The predicted octanol–water partition coefficient (Wildman–Crippen LogP) is -0.964. The molecule has 4 rings (SSSR count). The molecule has 3 fully saturated rings. The second-order valence-corrected chi connectivity index (χ2v) is 9.94. The summed E-state index contributed by atoms with van der Waals surface area (Å²) in [6.45, 7) is 6.34. The highest BCUT2D eigenvalue weighted by atomic mass is 16.6. The van der Waals surface area contributed by atoms with Crippen LogP contribution in [0, 0.1) is 16.7 Å². The molecule has 8 heteroatoms. The average molecular weight is 412 g/mol.